The van der Waals surface area contributed by atoms with Crippen molar-refractivity contribution >= 4 is 23.4 Å². The molecule has 6 heteroatoms. The highest BCUT2D eigenvalue weighted by molar-refractivity contribution is 8.00. The number of hydrogen-bond donors (Lipinski definition) is 2. The van der Waals surface area contributed by atoms with Gasteiger partial charge in [-0.05, 0) is 43.1 Å². The Bertz CT molecular complexity index is 574. The van der Waals surface area contributed by atoms with E-state index in [0.717, 1.165) is 43.1 Å². The Hall–Kier alpha value is -1.56. The number of anilines is 1. The van der Waals surface area contributed by atoms with Gasteiger partial charge in [-0.15, -0.1) is 0 Å². The van der Waals surface area contributed by atoms with Crippen molar-refractivity contribution in [2.75, 3.05) is 51.0 Å². The van der Waals surface area contributed by atoms with Crippen LogP contribution in [0.2, 0.25) is 0 Å². The number of nitrogens with one attached hydrogen (secondary N) is 2. The minimum Gasteiger partial charge on any atom is -0.497 e. The van der Waals surface area contributed by atoms with Gasteiger partial charge in [-0.1, -0.05) is 6.07 Å². The molecule has 25 heavy (non-hydrogen) atoms. The average molecular weight is 363 g/mol. The zero-order chi connectivity index (χ0) is 17.5. The number of aliphatic imine (C=N–C) groups is 1. The van der Waals surface area contributed by atoms with Crippen LogP contribution in [0.15, 0.2) is 29.3 Å². The minimum atomic E-state index is 0.644. The largest absolute Gasteiger partial charge is 0.497 e. The van der Waals surface area contributed by atoms with E-state index < -0.39 is 0 Å². The molecule has 2 fully saturated rings. The molecule has 0 spiro atoms. The molecule has 2 atom stereocenters. The molecular formula is C19H30N4OS. The fourth-order valence-corrected chi connectivity index (χ4v) is 4.72. The van der Waals surface area contributed by atoms with Crippen LogP contribution in [-0.2, 0) is 0 Å². The fraction of sp³-hybridized carbons (Fsp3) is 0.632. The van der Waals surface area contributed by atoms with Crippen molar-refractivity contribution in [2.24, 2.45) is 10.9 Å². The average Bonchev–Trinajstić information content (AvgIpc) is 3.34. The van der Waals surface area contributed by atoms with E-state index in [1.165, 1.54) is 30.7 Å². The first-order valence-corrected chi connectivity index (χ1v) is 10.3. The topological polar surface area (TPSA) is 48.9 Å². The maximum atomic E-state index is 5.34. The predicted molar refractivity (Wildman–Crippen MR) is 108 cm³/mol. The third-order valence-electron chi connectivity index (χ3n) is 5.01. The van der Waals surface area contributed by atoms with Gasteiger partial charge in [0, 0.05) is 50.2 Å². The molecule has 138 valence electrons. The van der Waals surface area contributed by atoms with Crippen molar-refractivity contribution in [2.45, 2.75) is 24.5 Å². The summed E-state index contributed by atoms with van der Waals surface area (Å²) in [5, 5.41) is 7.73. The Labute approximate surface area is 155 Å². The van der Waals surface area contributed by atoms with Gasteiger partial charge < -0.3 is 20.3 Å². The van der Waals surface area contributed by atoms with Crippen molar-refractivity contribution in [1.29, 1.82) is 0 Å². The van der Waals surface area contributed by atoms with Gasteiger partial charge in [0.05, 0.1) is 7.11 Å². The molecule has 0 amide bonds. The van der Waals surface area contributed by atoms with E-state index in [4.69, 9.17) is 4.74 Å². The maximum absolute atomic E-state index is 5.34. The smallest absolute Gasteiger partial charge is 0.191 e. The van der Waals surface area contributed by atoms with Crippen LogP contribution in [0.4, 0.5) is 5.69 Å². The molecule has 2 aliphatic heterocycles. The number of thioether (sulfide) groups is 1. The van der Waals surface area contributed by atoms with Gasteiger partial charge in [0.2, 0.25) is 0 Å². The summed E-state index contributed by atoms with van der Waals surface area (Å²) in [5.74, 6) is 3.81. The van der Waals surface area contributed by atoms with Crippen LogP contribution in [0, 0.1) is 5.92 Å². The number of methoxy groups -OCH3 is 1. The van der Waals surface area contributed by atoms with E-state index in [2.05, 4.69) is 50.5 Å². The van der Waals surface area contributed by atoms with Crippen molar-refractivity contribution in [3.8, 4) is 5.75 Å². The van der Waals surface area contributed by atoms with Crippen LogP contribution in [-0.4, -0.2) is 57.3 Å². The molecule has 0 radical (unpaired) electrons. The van der Waals surface area contributed by atoms with Crippen molar-refractivity contribution in [3.63, 3.8) is 0 Å². The van der Waals surface area contributed by atoms with Crippen molar-refractivity contribution in [3.05, 3.63) is 24.3 Å². The Morgan fingerprint density at radius 2 is 2.20 bits per heavy atom. The second kappa shape index (κ2) is 9.22. The third-order valence-corrected chi connectivity index (χ3v) is 6.41. The summed E-state index contributed by atoms with van der Waals surface area (Å²) in [5.41, 5.74) is 1.25. The molecule has 5 nitrogen and oxygen atoms in total. The molecule has 2 heterocycles. The van der Waals surface area contributed by atoms with E-state index in [-0.39, 0.29) is 0 Å². The molecule has 2 N–H and O–H groups in total. The molecule has 2 unspecified atom stereocenters. The quantitative estimate of drug-likeness (QED) is 0.602. The van der Waals surface area contributed by atoms with Gasteiger partial charge in [-0.2, -0.15) is 11.8 Å². The van der Waals surface area contributed by atoms with Gasteiger partial charge >= 0.3 is 0 Å². The monoisotopic (exact) mass is 362 g/mol. The predicted octanol–water partition coefficient (Wildman–Crippen LogP) is 2.58. The van der Waals surface area contributed by atoms with Gasteiger partial charge in [-0.25, -0.2) is 0 Å². The van der Waals surface area contributed by atoms with Crippen molar-refractivity contribution < 1.29 is 4.74 Å². The Kier molecular flexibility index (Phi) is 6.73. The van der Waals surface area contributed by atoms with Crippen LogP contribution in [0.5, 0.6) is 5.75 Å². The molecular weight excluding hydrogens is 332 g/mol. The zero-order valence-electron chi connectivity index (χ0n) is 15.3. The Balaban J connectivity index is 1.42. The van der Waals surface area contributed by atoms with Gasteiger partial charge in [0.15, 0.2) is 5.96 Å². The molecule has 2 aliphatic rings. The lowest BCUT2D eigenvalue weighted by Crippen LogP contribution is -2.42. The lowest BCUT2D eigenvalue weighted by molar-refractivity contribution is 0.415. The molecule has 3 rings (SSSR count). The summed E-state index contributed by atoms with van der Waals surface area (Å²) in [6, 6.07) is 8.34. The highest BCUT2D eigenvalue weighted by Crippen LogP contribution is 2.27. The standard InChI is InChI=1S/C19H30N4OS/c1-20-19(22-13-18-7-4-10-25-18)21-12-15-8-9-23(14-15)16-5-3-6-17(11-16)24-2/h3,5-6,11,15,18H,4,7-10,12-14H2,1-2H3,(H2,20,21,22). The summed E-state index contributed by atoms with van der Waals surface area (Å²) in [6.45, 7) is 4.17. The first-order chi connectivity index (χ1) is 12.3. The summed E-state index contributed by atoms with van der Waals surface area (Å²) in [7, 11) is 3.58. The Morgan fingerprint density at radius 1 is 1.32 bits per heavy atom. The summed E-state index contributed by atoms with van der Waals surface area (Å²) < 4.78 is 5.34. The lowest BCUT2D eigenvalue weighted by Gasteiger charge is -2.20. The molecule has 2 saturated heterocycles. The summed E-state index contributed by atoms with van der Waals surface area (Å²) in [6.07, 6.45) is 3.89. The molecule has 0 saturated carbocycles. The lowest BCUT2D eigenvalue weighted by atomic mass is 10.1. The number of ether oxygens (including phenoxy) is 1. The molecule has 0 aliphatic carbocycles. The highest BCUT2D eigenvalue weighted by Gasteiger charge is 2.23. The second-order valence-corrected chi connectivity index (χ2v) is 8.18. The molecule has 0 aromatic heterocycles. The molecule has 1 aromatic carbocycles. The van der Waals surface area contributed by atoms with E-state index in [0.29, 0.717) is 5.92 Å². The SMILES string of the molecule is CN=C(NCC1CCN(c2cccc(OC)c2)C1)NCC1CCCS1. The normalized spacial score (nSPS) is 23.8. The second-order valence-electron chi connectivity index (χ2n) is 6.77. The third kappa shape index (κ3) is 5.21. The van der Waals surface area contributed by atoms with E-state index in [9.17, 15) is 0 Å². The first-order valence-electron chi connectivity index (χ1n) is 9.23. The van der Waals surface area contributed by atoms with E-state index in [1.807, 2.05) is 13.1 Å². The van der Waals surface area contributed by atoms with Crippen LogP contribution in [0.25, 0.3) is 0 Å². The summed E-state index contributed by atoms with van der Waals surface area (Å²) >= 11 is 2.08. The van der Waals surface area contributed by atoms with E-state index >= 15 is 0 Å². The fourth-order valence-electron chi connectivity index (χ4n) is 3.52. The maximum Gasteiger partial charge on any atom is 0.191 e. The van der Waals surface area contributed by atoms with Crippen LogP contribution < -0.4 is 20.3 Å². The number of guanidine groups is 1. The Morgan fingerprint density at radius 3 is 2.96 bits per heavy atom. The number of hydrogen-bond acceptors (Lipinski definition) is 4. The van der Waals surface area contributed by atoms with Gasteiger partial charge in [0.25, 0.3) is 0 Å². The number of benzene rings is 1. The van der Waals surface area contributed by atoms with Gasteiger partial charge in [0.1, 0.15) is 5.75 Å². The zero-order valence-corrected chi connectivity index (χ0v) is 16.1. The van der Waals surface area contributed by atoms with E-state index in [1.54, 1.807) is 7.11 Å². The minimum absolute atomic E-state index is 0.644. The number of rotatable bonds is 6. The van der Waals surface area contributed by atoms with Crippen LogP contribution in [0.3, 0.4) is 0 Å². The molecule has 1 aromatic rings. The molecule has 0 bridgehead atoms. The van der Waals surface area contributed by atoms with Gasteiger partial charge in [-0.3, -0.25) is 4.99 Å². The summed E-state index contributed by atoms with van der Waals surface area (Å²) in [4.78, 5) is 6.81. The van der Waals surface area contributed by atoms with Crippen LogP contribution in [0.1, 0.15) is 19.3 Å². The number of nitrogens with zero attached hydrogens (tertiary/aromatic N) is 2. The van der Waals surface area contributed by atoms with Crippen molar-refractivity contribution in [1.82, 2.24) is 10.6 Å². The van der Waals surface area contributed by atoms with Crippen LogP contribution >= 0.6 is 11.8 Å². The highest BCUT2D eigenvalue weighted by atomic mass is 32.2. The first kappa shape index (κ1) is 18.2.